The van der Waals surface area contributed by atoms with E-state index < -0.39 is 17.8 Å². The second kappa shape index (κ2) is 10.9. The maximum atomic E-state index is 13.8. The summed E-state index contributed by atoms with van der Waals surface area (Å²) in [5, 5.41) is 4.31. The van der Waals surface area contributed by atoms with E-state index in [1.807, 2.05) is 52.9 Å². The summed E-state index contributed by atoms with van der Waals surface area (Å²) in [6.07, 6.45) is -1.23. The maximum absolute atomic E-state index is 13.8. The average molecular weight is 489 g/mol. The number of benzene rings is 1. The molecule has 0 saturated heterocycles. The summed E-state index contributed by atoms with van der Waals surface area (Å²) in [4.78, 5) is 19.5. The number of ether oxygens (including phenoxy) is 1. The van der Waals surface area contributed by atoms with Gasteiger partial charge >= 0.3 is 6.18 Å². The average Bonchev–Trinajstić information content (AvgIpc) is 3.18. The van der Waals surface area contributed by atoms with Crippen LogP contribution in [-0.2, 0) is 13.2 Å². The molecule has 0 saturated carbocycles. The lowest BCUT2D eigenvalue weighted by molar-refractivity contribution is -0.137. The number of amides is 1. The van der Waals surface area contributed by atoms with Crippen LogP contribution in [-0.4, -0.2) is 44.3 Å². The molecule has 0 bridgehead atoms. The third-order valence-corrected chi connectivity index (χ3v) is 6.12. The van der Waals surface area contributed by atoms with Gasteiger partial charge < -0.3 is 9.64 Å². The zero-order valence-corrected chi connectivity index (χ0v) is 20.6. The first kappa shape index (κ1) is 26.2. The minimum atomic E-state index is -4.47. The maximum Gasteiger partial charge on any atom is 0.417 e. The van der Waals surface area contributed by atoms with Crippen molar-refractivity contribution in [3.63, 3.8) is 0 Å². The van der Waals surface area contributed by atoms with E-state index in [1.54, 1.807) is 21.8 Å². The number of alkyl halides is 3. The lowest BCUT2D eigenvalue weighted by Gasteiger charge is -2.36. The lowest BCUT2D eigenvalue weighted by atomic mass is 9.98. The minimum Gasteiger partial charge on any atom is -0.472 e. The number of nitrogens with zero attached hydrogens (tertiary/aromatic N) is 4. The molecule has 3 rings (SSSR count). The highest BCUT2D eigenvalue weighted by Crippen LogP contribution is 2.31. The standard InChI is InChI=1S/C26H31F3N4O2/c1-6-21(22(7-2)35-23-14-13-18(16-30-23)26(27,28)29)33(8-3)25(34)20-12-10-9-11-19(20)24-17(4)15-31-32(24)5/h9-16,21-22H,6-8H2,1-5H3. The molecule has 0 aliphatic carbocycles. The van der Waals surface area contributed by atoms with Crippen molar-refractivity contribution in [3.8, 4) is 17.1 Å². The molecule has 9 heteroatoms. The van der Waals surface area contributed by atoms with Crippen LogP contribution in [0, 0.1) is 6.92 Å². The van der Waals surface area contributed by atoms with Crippen LogP contribution >= 0.6 is 0 Å². The highest BCUT2D eigenvalue weighted by atomic mass is 19.4. The Hall–Kier alpha value is -3.36. The SMILES string of the molecule is CCC(Oc1ccc(C(F)(F)F)cn1)C(CC)N(CC)C(=O)c1ccccc1-c1c(C)cnn1C. The molecule has 2 unspecified atom stereocenters. The van der Waals surface area contributed by atoms with Gasteiger partial charge in [-0.3, -0.25) is 9.48 Å². The first-order valence-corrected chi connectivity index (χ1v) is 11.7. The summed E-state index contributed by atoms with van der Waals surface area (Å²) in [5.41, 5.74) is 2.35. The fourth-order valence-corrected chi connectivity index (χ4v) is 4.38. The first-order chi connectivity index (χ1) is 16.6. The van der Waals surface area contributed by atoms with Gasteiger partial charge in [0.25, 0.3) is 5.91 Å². The Kier molecular flexibility index (Phi) is 8.19. The number of carbonyl (C=O) groups is 1. The van der Waals surface area contributed by atoms with Gasteiger partial charge in [0.1, 0.15) is 6.10 Å². The van der Waals surface area contributed by atoms with Crippen molar-refractivity contribution in [3.05, 3.63) is 65.5 Å². The smallest absolute Gasteiger partial charge is 0.417 e. The predicted molar refractivity (Wildman–Crippen MR) is 128 cm³/mol. The molecule has 0 fully saturated rings. The number of carbonyl (C=O) groups excluding carboxylic acids is 1. The van der Waals surface area contributed by atoms with Crippen molar-refractivity contribution in [1.82, 2.24) is 19.7 Å². The minimum absolute atomic E-state index is 0.0951. The number of pyridine rings is 1. The third-order valence-electron chi connectivity index (χ3n) is 6.12. The molecule has 0 aliphatic heterocycles. The summed E-state index contributed by atoms with van der Waals surface area (Å²) >= 11 is 0. The molecule has 35 heavy (non-hydrogen) atoms. The van der Waals surface area contributed by atoms with Gasteiger partial charge in [-0.1, -0.05) is 32.0 Å². The van der Waals surface area contributed by atoms with Gasteiger partial charge in [-0.2, -0.15) is 18.3 Å². The normalized spacial score (nSPS) is 13.4. The number of hydrogen-bond acceptors (Lipinski definition) is 4. The summed E-state index contributed by atoms with van der Waals surface area (Å²) in [6, 6.07) is 9.30. The van der Waals surface area contributed by atoms with Crippen LogP contribution in [0.3, 0.4) is 0 Å². The molecule has 0 radical (unpaired) electrons. The molecule has 0 spiro atoms. The second-order valence-corrected chi connectivity index (χ2v) is 8.36. The van der Waals surface area contributed by atoms with Gasteiger partial charge in [-0.05, 0) is 44.4 Å². The van der Waals surface area contributed by atoms with Gasteiger partial charge in [0, 0.05) is 37.0 Å². The largest absolute Gasteiger partial charge is 0.472 e. The molecular weight excluding hydrogens is 457 g/mol. The van der Waals surface area contributed by atoms with Crippen molar-refractivity contribution in [1.29, 1.82) is 0 Å². The molecule has 0 aliphatic rings. The van der Waals surface area contributed by atoms with E-state index >= 15 is 0 Å². The van der Waals surface area contributed by atoms with Crippen molar-refractivity contribution in [2.75, 3.05) is 6.54 Å². The van der Waals surface area contributed by atoms with Gasteiger partial charge in [0.15, 0.2) is 0 Å². The van der Waals surface area contributed by atoms with E-state index in [0.29, 0.717) is 24.9 Å². The predicted octanol–water partition coefficient (Wildman–Crippen LogP) is 5.91. The molecule has 188 valence electrons. The Morgan fingerprint density at radius 1 is 1.09 bits per heavy atom. The number of hydrogen-bond donors (Lipinski definition) is 0. The van der Waals surface area contributed by atoms with Gasteiger partial charge in [-0.15, -0.1) is 0 Å². The number of aryl methyl sites for hydroxylation is 2. The van der Waals surface area contributed by atoms with Crippen LogP contribution in [0.5, 0.6) is 5.88 Å². The highest BCUT2D eigenvalue weighted by Gasteiger charge is 2.33. The van der Waals surface area contributed by atoms with Crippen molar-refractivity contribution < 1.29 is 22.7 Å². The summed E-state index contributed by atoms with van der Waals surface area (Å²) in [5.74, 6) is -0.0457. The molecule has 1 amide bonds. The van der Waals surface area contributed by atoms with Crippen LogP contribution in [0.15, 0.2) is 48.8 Å². The second-order valence-electron chi connectivity index (χ2n) is 8.36. The van der Waals surface area contributed by atoms with Crippen LogP contribution in [0.25, 0.3) is 11.3 Å². The molecule has 6 nitrogen and oxygen atoms in total. The topological polar surface area (TPSA) is 60.2 Å². The van der Waals surface area contributed by atoms with E-state index in [4.69, 9.17) is 4.74 Å². The van der Waals surface area contributed by atoms with E-state index in [9.17, 15) is 18.0 Å². The molecule has 2 heterocycles. The summed E-state index contributed by atoms with van der Waals surface area (Å²) < 4.78 is 46.4. The molecule has 1 aromatic carbocycles. The zero-order valence-electron chi connectivity index (χ0n) is 20.6. The Labute approximate surface area is 203 Å². The molecule has 0 N–H and O–H groups in total. The lowest BCUT2D eigenvalue weighted by Crippen LogP contribution is -2.48. The Balaban J connectivity index is 1.91. The Bertz CT molecular complexity index is 1120. The van der Waals surface area contributed by atoms with E-state index in [-0.39, 0.29) is 17.8 Å². The number of rotatable bonds is 9. The zero-order chi connectivity index (χ0) is 25.8. The molecule has 2 atom stereocenters. The van der Waals surface area contributed by atoms with Gasteiger partial charge in [0.2, 0.25) is 5.88 Å². The number of likely N-dealkylation sites (N-methyl/N-ethyl adjacent to an activating group) is 1. The van der Waals surface area contributed by atoms with E-state index in [0.717, 1.165) is 29.1 Å². The van der Waals surface area contributed by atoms with Crippen LogP contribution in [0.1, 0.15) is 55.1 Å². The van der Waals surface area contributed by atoms with Gasteiger partial charge in [0.05, 0.1) is 23.5 Å². The molecule has 2 aromatic heterocycles. The monoisotopic (exact) mass is 488 g/mol. The summed E-state index contributed by atoms with van der Waals surface area (Å²) in [6.45, 7) is 8.18. The van der Waals surface area contributed by atoms with E-state index in [2.05, 4.69) is 10.1 Å². The fourth-order valence-electron chi connectivity index (χ4n) is 4.38. The van der Waals surface area contributed by atoms with E-state index in [1.165, 1.54) is 6.07 Å². The van der Waals surface area contributed by atoms with Crippen LogP contribution < -0.4 is 4.74 Å². The van der Waals surface area contributed by atoms with Crippen molar-refractivity contribution in [2.24, 2.45) is 7.05 Å². The van der Waals surface area contributed by atoms with Crippen LogP contribution in [0.2, 0.25) is 0 Å². The van der Waals surface area contributed by atoms with Crippen molar-refractivity contribution in [2.45, 2.75) is 58.9 Å². The number of halogens is 3. The van der Waals surface area contributed by atoms with Gasteiger partial charge in [-0.25, -0.2) is 4.98 Å². The summed E-state index contributed by atoms with van der Waals surface area (Å²) in [7, 11) is 1.84. The number of aromatic nitrogens is 3. The molecular formula is C26H31F3N4O2. The fraction of sp³-hybridized carbons (Fsp3) is 0.423. The Morgan fingerprint density at radius 3 is 2.31 bits per heavy atom. The molecule has 3 aromatic rings. The Morgan fingerprint density at radius 2 is 1.80 bits per heavy atom. The third kappa shape index (κ3) is 5.66. The quantitative estimate of drug-likeness (QED) is 0.376. The highest BCUT2D eigenvalue weighted by molar-refractivity contribution is 6.01. The van der Waals surface area contributed by atoms with Crippen molar-refractivity contribution >= 4 is 5.91 Å². The first-order valence-electron chi connectivity index (χ1n) is 11.7. The van der Waals surface area contributed by atoms with Crippen LogP contribution in [0.4, 0.5) is 13.2 Å².